The standard InChI is InChI=1S/C18H22N4O2/c1-11-7-16-15(10-24-17(16)8-12(11)2)9-18(23)19-5-6-22-14(4)20-13(3)21-22/h7-8,10H,5-6,9H2,1-4H3,(H,19,23). The number of hydrogen-bond acceptors (Lipinski definition) is 4. The van der Waals surface area contributed by atoms with Crippen LogP contribution in [-0.4, -0.2) is 27.2 Å². The van der Waals surface area contributed by atoms with Crippen LogP contribution in [0, 0.1) is 27.7 Å². The fourth-order valence-corrected chi connectivity index (χ4v) is 2.78. The Morgan fingerprint density at radius 3 is 2.67 bits per heavy atom. The van der Waals surface area contributed by atoms with E-state index in [1.807, 2.05) is 19.9 Å². The average Bonchev–Trinajstić information content (AvgIpc) is 3.03. The highest BCUT2D eigenvalue weighted by Gasteiger charge is 2.12. The van der Waals surface area contributed by atoms with Gasteiger partial charge < -0.3 is 9.73 Å². The number of nitrogens with one attached hydrogen (secondary N) is 1. The predicted molar refractivity (Wildman–Crippen MR) is 91.9 cm³/mol. The van der Waals surface area contributed by atoms with Gasteiger partial charge in [0.2, 0.25) is 5.91 Å². The molecule has 0 bridgehead atoms. The quantitative estimate of drug-likeness (QED) is 0.782. The number of hydrogen-bond donors (Lipinski definition) is 1. The zero-order valence-electron chi connectivity index (χ0n) is 14.5. The lowest BCUT2D eigenvalue weighted by atomic mass is 10.0. The number of fused-ring (bicyclic) bond motifs is 1. The Morgan fingerprint density at radius 2 is 1.96 bits per heavy atom. The minimum atomic E-state index is -0.0228. The van der Waals surface area contributed by atoms with Crippen molar-refractivity contribution >= 4 is 16.9 Å². The third-order valence-electron chi connectivity index (χ3n) is 4.23. The Hall–Kier alpha value is -2.63. The van der Waals surface area contributed by atoms with Crippen molar-refractivity contribution in [2.45, 2.75) is 40.7 Å². The summed E-state index contributed by atoms with van der Waals surface area (Å²) in [6.07, 6.45) is 1.99. The SMILES string of the molecule is Cc1nc(C)n(CCNC(=O)Cc2coc3cc(C)c(C)cc23)n1. The van der Waals surface area contributed by atoms with Gasteiger partial charge in [-0.05, 0) is 51.0 Å². The minimum absolute atomic E-state index is 0.0228. The molecule has 3 aromatic rings. The molecule has 2 heterocycles. The van der Waals surface area contributed by atoms with Crippen LogP contribution in [0.4, 0.5) is 0 Å². The van der Waals surface area contributed by atoms with E-state index in [9.17, 15) is 4.79 Å². The minimum Gasteiger partial charge on any atom is -0.464 e. The molecule has 3 rings (SSSR count). The van der Waals surface area contributed by atoms with Gasteiger partial charge >= 0.3 is 0 Å². The van der Waals surface area contributed by atoms with Gasteiger partial charge in [-0.2, -0.15) is 5.10 Å². The maximum atomic E-state index is 12.2. The summed E-state index contributed by atoms with van der Waals surface area (Å²) in [4.78, 5) is 16.4. The highest BCUT2D eigenvalue weighted by molar-refractivity contribution is 5.88. The van der Waals surface area contributed by atoms with Crippen LogP contribution in [-0.2, 0) is 17.8 Å². The highest BCUT2D eigenvalue weighted by atomic mass is 16.3. The molecule has 0 radical (unpaired) electrons. The van der Waals surface area contributed by atoms with Crippen LogP contribution in [0.2, 0.25) is 0 Å². The summed E-state index contributed by atoms with van der Waals surface area (Å²) in [5, 5.41) is 8.22. The summed E-state index contributed by atoms with van der Waals surface area (Å²) in [6, 6.07) is 4.10. The third kappa shape index (κ3) is 3.32. The molecule has 1 N–H and O–H groups in total. The molecule has 0 unspecified atom stereocenters. The van der Waals surface area contributed by atoms with Gasteiger partial charge in [-0.15, -0.1) is 0 Å². The van der Waals surface area contributed by atoms with E-state index in [1.54, 1.807) is 10.9 Å². The van der Waals surface area contributed by atoms with Gasteiger partial charge in [0.05, 0.1) is 19.2 Å². The van der Waals surface area contributed by atoms with Gasteiger partial charge in [-0.25, -0.2) is 9.67 Å². The molecular weight excluding hydrogens is 304 g/mol. The zero-order valence-corrected chi connectivity index (χ0v) is 14.5. The molecule has 24 heavy (non-hydrogen) atoms. The van der Waals surface area contributed by atoms with E-state index in [0.717, 1.165) is 28.2 Å². The molecule has 126 valence electrons. The summed E-state index contributed by atoms with van der Waals surface area (Å²) in [7, 11) is 0. The van der Waals surface area contributed by atoms with Crippen molar-refractivity contribution in [2.24, 2.45) is 0 Å². The van der Waals surface area contributed by atoms with Crippen LogP contribution >= 0.6 is 0 Å². The Morgan fingerprint density at radius 1 is 1.21 bits per heavy atom. The second-order valence-corrected chi connectivity index (χ2v) is 6.15. The van der Waals surface area contributed by atoms with Crippen LogP contribution in [0.3, 0.4) is 0 Å². The Bertz CT molecular complexity index is 892. The van der Waals surface area contributed by atoms with E-state index in [-0.39, 0.29) is 5.91 Å². The van der Waals surface area contributed by atoms with Crippen molar-refractivity contribution in [2.75, 3.05) is 6.54 Å². The number of nitrogens with zero attached hydrogens (tertiary/aromatic N) is 3. The maximum absolute atomic E-state index is 12.2. The molecule has 0 atom stereocenters. The van der Waals surface area contributed by atoms with Crippen molar-refractivity contribution in [1.82, 2.24) is 20.1 Å². The van der Waals surface area contributed by atoms with Crippen LogP contribution in [0.15, 0.2) is 22.8 Å². The van der Waals surface area contributed by atoms with Crippen LogP contribution < -0.4 is 5.32 Å². The molecule has 2 aromatic heterocycles. The normalized spacial score (nSPS) is 11.2. The average molecular weight is 326 g/mol. The molecule has 1 aromatic carbocycles. The summed E-state index contributed by atoms with van der Waals surface area (Å²) in [6.45, 7) is 9.02. The third-order valence-corrected chi connectivity index (χ3v) is 4.23. The molecule has 1 amide bonds. The molecule has 0 aliphatic heterocycles. The first-order valence-corrected chi connectivity index (χ1v) is 8.06. The monoisotopic (exact) mass is 326 g/mol. The molecule has 0 fully saturated rings. The Balaban J connectivity index is 1.61. The number of carbonyl (C=O) groups is 1. The topological polar surface area (TPSA) is 73.0 Å². The molecule has 0 aliphatic rings. The number of amides is 1. The van der Waals surface area contributed by atoms with E-state index in [1.165, 1.54) is 11.1 Å². The molecule has 0 spiro atoms. The van der Waals surface area contributed by atoms with Gasteiger partial charge in [0.25, 0.3) is 0 Å². The van der Waals surface area contributed by atoms with Crippen molar-refractivity contribution < 1.29 is 9.21 Å². The number of carbonyl (C=O) groups excluding carboxylic acids is 1. The van der Waals surface area contributed by atoms with Gasteiger partial charge in [-0.3, -0.25) is 4.79 Å². The molecule has 0 aliphatic carbocycles. The molecule has 0 saturated heterocycles. The summed E-state index contributed by atoms with van der Waals surface area (Å²) < 4.78 is 7.38. The second-order valence-electron chi connectivity index (χ2n) is 6.15. The van der Waals surface area contributed by atoms with Crippen molar-refractivity contribution in [3.05, 3.63) is 46.7 Å². The zero-order chi connectivity index (χ0) is 17.3. The van der Waals surface area contributed by atoms with Gasteiger partial charge in [0.15, 0.2) is 0 Å². The first-order chi connectivity index (χ1) is 11.4. The lowest BCUT2D eigenvalue weighted by Gasteiger charge is -2.06. The summed E-state index contributed by atoms with van der Waals surface area (Å²) >= 11 is 0. The fourth-order valence-electron chi connectivity index (χ4n) is 2.78. The molecule has 0 saturated carbocycles. The smallest absolute Gasteiger partial charge is 0.224 e. The van der Waals surface area contributed by atoms with E-state index in [2.05, 4.69) is 35.3 Å². The van der Waals surface area contributed by atoms with E-state index >= 15 is 0 Å². The van der Waals surface area contributed by atoms with E-state index in [0.29, 0.717) is 19.5 Å². The summed E-state index contributed by atoms with van der Waals surface area (Å²) in [5.74, 6) is 1.58. The van der Waals surface area contributed by atoms with Crippen molar-refractivity contribution in [3.8, 4) is 0 Å². The lowest BCUT2D eigenvalue weighted by Crippen LogP contribution is -2.29. The number of aryl methyl sites for hydroxylation is 4. The van der Waals surface area contributed by atoms with Crippen molar-refractivity contribution in [3.63, 3.8) is 0 Å². The Kier molecular flexibility index (Phi) is 4.38. The predicted octanol–water partition coefficient (Wildman–Crippen LogP) is 2.62. The van der Waals surface area contributed by atoms with Crippen molar-refractivity contribution in [1.29, 1.82) is 0 Å². The highest BCUT2D eigenvalue weighted by Crippen LogP contribution is 2.25. The van der Waals surface area contributed by atoms with Crippen LogP contribution in [0.1, 0.15) is 28.3 Å². The van der Waals surface area contributed by atoms with E-state index < -0.39 is 0 Å². The number of furan rings is 1. The fraction of sp³-hybridized carbons (Fsp3) is 0.389. The van der Waals surface area contributed by atoms with Gasteiger partial charge in [0, 0.05) is 17.5 Å². The van der Waals surface area contributed by atoms with Gasteiger partial charge in [0.1, 0.15) is 17.2 Å². The van der Waals surface area contributed by atoms with E-state index in [4.69, 9.17) is 4.42 Å². The maximum Gasteiger partial charge on any atom is 0.224 e. The molecular formula is C18H22N4O2. The largest absolute Gasteiger partial charge is 0.464 e. The second kappa shape index (κ2) is 6.47. The Labute approximate surface area is 140 Å². The van der Waals surface area contributed by atoms with Crippen LogP contribution in [0.5, 0.6) is 0 Å². The first kappa shape index (κ1) is 16.2. The van der Waals surface area contributed by atoms with Gasteiger partial charge in [-0.1, -0.05) is 0 Å². The summed E-state index contributed by atoms with van der Waals surface area (Å²) in [5.41, 5.74) is 4.13. The molecule has 6 heteroatoms. The van der Waals surface area contributed by atoms with Crippen LogP contribution in [0.25, 0.3) is 11.0 Å². The lowest BCUT2D eigenvalue weighted by molar-refractivity contribution is -0.120. The first-order valence-electron chi connectivity index (χ1n) is 8.06. The molecule has 6 nitrogen and oxygen atoms in total. The number of aromatic nitrogens is 3. The number of rotatable bonds is 5. The number of benzene rings is 1.